The Kier molecular flexibility index (Phi) is 7.01. The molecule has 1 rings (SSSR count). The van der Waals surface area contributed by atoms with E-state index in [9.17, 15) is 0 Å². The lowest BCUT2D eigenvalue weighted by Crippen LogP contribution is -2.47. The molecule has 1 aliphatic heterocycles. The molecule has 3 heteroatoms. The van der Waals surface area contributed by atoms with Crippen molar-refractivity contribution in [3.05, 3.63) is 0 Å². The van der Waals surface area contributed by atoms with E-state index >= 15 is 0 Å². The van der Waals surface area contributed by atoms with Crippen LogP contribution < -0.4 is 5.32 Å². The summed E-state index contributed by atoms with van der Waals surface area (Å²) >= 11 is 0. The van der Waals surface area contributed by atoms with Crippen LogP contribution in [0, 0.1) is 0 Å². The molecule has 0 spiro atoms. The molecule has 3 nitrogen and oxygen atoms in total. The molecule has 1 fully saturated rings. The van der Waals surface area contributed by atoms with E-state index in [1.165, 1.54) is 38.8 Å². The second kappa shape index (κ2) is 8.04. The Morgan fingerprint density at radius 1 is 1.12 bits per heavy atom. The van der Waals surface area contributed by atoms with Crippen LogP contribution in [0.25, 0.3) is 0 Å². The highest BCUT2D eigenvalue weighted by Crippen LogP contribution is 2.12. The van der Waals surface area contributed by atoms with Crippen LogP contribution in [-0.2, 0) is 4.74 Å². The molecule has 1 atom stereocenters. The fraction of sp³-hybridized carbons (Fsp3) is 1.00. The molecule has 0 saturated carbocycles. The fourth-order valence-electron chi connectivity index (χ4n) is 2.32. The minimum Gasteiger partial charge on any atom is -0.383 e. The van der Waals surface area contributed by atoms with Gasteiger partial charge in [-0.1, -0.05) is 26.7 Å². The number of nitrogens with one attached hydrogen (secondary N) is 1. The van der Waals surface area contributed by atoms with Gasteiger partial charge in [0, 0.05) is 25.7 Å². The molecule has 0 aromatic heterocycles. The van der Waals surface area contributed by atoms with Crippen LogP contribution in [0.5, 0.6) is 0 Å². The molecule has 0 bridgehead atoms. The predicted molar refractivity (Wildman–Crippen MR) is 68.8 cm³/mol. The first kappa shape index (κ1) is 13.9. The molecule has 1 N–H and O–H groups in total. The second-order valence-electron chi connectivity index (χ2n) is 5.12. The molecule has 0 radical (unpaired) electrons. The van der Waals surface area contributed by atoms with E-state index in [1.54, 1.807) is 7.11 Å². The zero-order valence-corrected chi connectivity index (χ0v) is 11.2. The van der Waals surface area contributed by atoms with Crippen molar-refractivity contribution in [1.29, 1.82) is 0 Å². The summed E-state index contributed by atoms with van der Waals surface area (Å²) in [4.78, 5) is 2.60. The monoisotopic (exact) mass is 228 g/mol. The standard InChI is InChI=1S/C13H28N2O/c1-12(2)14-10-13(11-16-3)15-8-6-4-5-7-9-15/h12-14H,4-11H2,1-3H3. The van der Waals surface area contributed by atoms with Crippen LogP contribution in [0.15, 0.2) is 0 Å². The molecule has 1 saturated heterocycles. The Bertz CT molecular complexity index is 165. The maximum absolute atomic E-state index is 5.35. The van der Waals surface area contributed by atoms with Gasteiger partial charge in [-0.15, -0.1) is 0 Å². The first-order valence-corrected chi connectivity index (χ1v) is 6.70. The summed E-state index contributed by atoms with van der Waals surface area (Å²) in [6.45, 7) is 8.78. The molecular weight excluding hydrogens is 200 g/mol. The van der Waals surface area contributed by atoms with Gasteiger partial charge in [0.05, 0.1) is 6.61 Å². The van der Waals surface area contributed by atoms with Gasteiger partial charge in [0.15, 0.2) is 0 Å². The van der Waals surface area contributed by atoms with E-state index in [1.807, 2.05) is 0 Å². The molecular formula is C13H28N2O. The summed E-state index contributed by atoms with van der Waals surface area (Å²) in [5.41, 5.74) is 0. The fourth-order valence-corrected chi connectivity index (χ4v) is 2.32. The Morgan fingerprint density at radius 2 is 1.75 bits per heavy atom. The molecule has 1 heterocycles. The zero-order valence-electron chi connectivity index (χ0n) is 11.2. The molecule has 16 heavy (non-hydrogen) atoms. The first-order chi connectivity index (χ1) is 7.74. The van der Waals surface area contributed by atoms with Gasteiger partial charge in [-0.2, -0.15) is 0 Å². The summed E-state index contributed by atoms with van der Waals surface area (Å²) in [6.07, 6.45) is 5.49. The molecule has 96 valence electrons. The molecule has 0 amide bonds. The first-order valence-electron chi connectivity index (χ1n) is 6.70. The maximum Gasteiger partial charge on any atom is 0.0630 e. The SMILES string of the molecule is COCC(CNC(C)C)N1CCCCCC1. The Hall–Kier alpha value is -0.120. The van der Waals surface area contributed by atoms with E-state index in [2.05, 4.69) is 24.1 Å². The number of hydrogen-bond acceptors (Lipinski definition) is 3. The van der Waals surface area contributed by atoms with Crippen molar-refractivity contribution in [2.24, 2.45) is 0 Å². The molecule has 0 aromatic carbocycles. The Labute approximate surface area is 101 Å². The van der Waals surface area contributed by atoms with Gasteiger partial charge in [-0.05, 0) is 25.9 Å². The number of methoxy groups -OCH3 is 1. The third-order valence-electron chi connectivity index (χ3n) is 3.28. The zero-order chi connectivity index (χ0) is 11.8. The smallest absolute Gasteiger partial charge is 0.0630 e. The summed E-state index contributed by atoms with van der Waals surface area (Å²) in [6, 6.07) is 1.11. The number of ether oxygens (including phenoxy) is 1. The lowest BCUT2D eigenvalue weighted by atomic mass is 10.2. The maximum atomic E-state index is 5.35. The van der Waals surface area contributed by atoms with E-state index in [-0.39, 0.29) is 0 Å². The Balaban J connectivity index is 2.39. The molecule has 0 aromatic rings. The van der Waals surface area contributed by atoms with Gasteiger partial charge >= 0.3 is 0 Å². The minimum absolute atomic E-state index is 0.547. The van der Waals surface area contributed by atoms with Gasteiger partial charge < -0.3 is 10.1 Å². The van der Waals surface area contributed by atoms with Crippen LogP contribution in [0.1, 0.15) is 39.5 Å². The van der Waals surface area contributed by atoms with Crippen molar-refractivity contribution < 1.29 is 4.74 Å². The quantitative estimate of drug-likeness (QED) is 0.751. The highest BCUT2D eigenvalue weighted by molar-refractivity contribution is 4.76. The van der Waals surface area contributed by atoms with Crippen molar-refractivity contribution in [2.75, 3.05) is 33.4 Å². The van der Waals surface area contributed by atoms with Crippen molar-refractivity contribution >= 4 is 0 Å². The van der Waals surface area contributed by atoms with E-state index < -0.39 is 0 Å². The summed E-state index contributed by atoms with van der Waals surface area (Å²) in [5.74, 6) is 0. The molecule has 1 unspecified atom stereocenters. The summed E-state index contributed by atoms with van der Waals surface area (Å²) < 4.78 is 5.35. The topological polar surface area (TPSA) is 24.5 Å². The third kappa shape index (κ3) is 5.28. The van der Waals surface area contributed by atoms with Crippen molar-refractivity contribution in [3.63, 3.8) is 0 Å². The van der Waals surface area contributed by atoms with Crippen LogP contribution in [-0.4, -0.2) is 50.3 Å². The van der Waals surface area contributed by atoms with Crippen LogP contribution in [0.3, 0.4) is 0 Å². The molecule has 1 aliphatic rings. The van der Waals surface area contributed by atoms with Gasteiger partial charge in [-0.25, -0.2) is 0 Å². The Morgan fingerprint density at radius 3 is 2.25 bits per heavy atom. The number of nitrogens with zero attached hydrogens (tertiary/aromatic N) is 1. The van der Waals surface area contributed by atoms with E-state index in [4.69, 9.17) is 4.74 Å². The highest BCUT2D eigenvalue weighted by Gasteiger charge is 2.19. The van der Waals surface area contributed by atoms with Crippen LogP contribution >= 0.6 is 0 Å². The second-order valence-corrected chi connectivity index (χ2v) is 5.12. The number of hydrogen-bond donors (Lipinski definition) is 1. The average Bonchev–Trinajstić information content (AvgIpc) is 2.52. The van der Waals surface area contributed by atoms with Gasteiger partial charge in [-0.3, -0.25) is 4.90 Å². The van der Waals surface area contributed by atoms with Gasteiger partial charge in [0.1, 0.15) is 0 Å². The van der Waals surface area contributed by atoms with Crippen molar-refractivity contribution in [3.8, 4) is 0 Å². The lowest BCUT2D eigenvalue weighted by molar-refractivity contribution is 0.0901. The number of rotatable bonds is 6. The molecule has 0 aliphatic carbocycles. The largest absolute Gasteiger partial charge is 0.383 e. The van der Waals surface area contributed by atoms with Crippen molar-refractivity contribution in [2.45, 2.75) is 51.6 Å². The van der Waals surface area contributed by atoms with Gasteiger partial charge in [0.2, 0.25) is 0 Å². The third-order valence-corrected chi connectivity index (χ3v) is 3.28. The van der Waals surface area contributed by atoms with Gasteiger partial charge in [0.25, 0.3) is 0 Å². The van der Waals surface area contributed by atoms with Crippen molar-refractivity contribution in [1.82, 2.24) is 10.2 Å². The van der Waals surface area contributed by atoms with Crippen LogP contribution in [0.2, 0.25) is 0 Å². The number of likely N-dealkylation sites (tertiary alicyclic amines) is 1. The summed E-state index contributed by atoms with van der Waals surface area (Å²) in [7, 11) is 1.81. The summed E-state index contributed by atoms with van der Waals surface area (Å²) in [5, 5.41) is 3.53. The lowest BCUT2D eigenvalue weighted by Gasteiger charge is -2.31. The minimum atomic E-state index is 0.547. The van der Waals surface area contributed by atoms with E-state index in [0.29, 0.717) is 12.1 Å². The van der Waals surface area contributed by atoms with Crippen LogP contribution in [0.4, 0.5) is 0 Å². The predicted octanol–water partition coefficient (Wildman–Crippen LogP) is 1.88. The van der Waals surface area contributed by atoms with E-state index in [0.717, 1.165) is 13.2 Å². The normalized spacial score (nSPS) is 21.0. The highest BCUT2D eigenvalue weighted by atomic mass is 16.5. The average molecular weight is 228 g/mol.